The lowest BCUT2D eigenvalue weighted by atomic mass is 10.1. The Hall–Kier alpha value is -2.30. The molecule has 1 unspecified atom stereocenters. The van der Waals surface area contributed by atoms with Crippen molar-refractivity contribution in [2.24, 2.45) is 0 Å². The van der Waals surface area contributed by atoms with Crippen LogP contribution in [0.4, 0.5) is 5.69 Å². The molecule has 1 aromatic carbocycles. The summed E-state index contributed by atoms with van der Waals surface area (Å²) in [6.45, 7) is 5.22. The summed E-state index contributed by atoms with van der Waals surface area (Å²) in [5.41, 5.74) is 2.86. The molecule has 0 aliphatic carbocycles. The van der Waals surface area contributed by atoms with E-state index in [1.807, 2.05) is 25.1 Å². The number of fused-ring (bicyclic) bond motifs is 1. The number of hydrogen-bond acceptors (Lipinski definition) is 5. The molecule has 2 aromatic rings. The van der Waals surface area contributed by atoms with Gasteiger partial charge in [0.1, 0.15) is 13.2 Å². The van der Waals surface area contributed by atoms with Crippen molar-refractivity contribution in [1.82, 2.24) is 9.97 Å². The van der Waals surface area contributed by atoms with Gasteiger partial charge in [-0.25, -0.2) is 0 Å². The summed E-state index contributed by atoms with van der Waals surface area (Å²) in [7, 11) is 0. The van der Waals surface area contributed by atoms with Gasteiger partial charge in [-0.15, -0.1) is 0 Å². The number of benzene rings is 1. The normalized spacial score (nSPS) is 14.7. The molecule has 1 aromatic heterocycles. The average molecular weight is 271 g/mol. The van der Waals surface area contributed by atoms with Gasteiger partial charge in [-0.2, -0.15) is 0 Å². The van der Waals surface area contributed by atoms with Crippen LogP contribution in [0.25, 0.3) is 0 Å². The van der Waals surface area contributed by atoms with Crippen molar-refractivity contribution >= 4 is 5.69 Å². The number of hydrogen-bond donors (Lipinski definition) is 1. The molecular weight excluding hydrogens is 254 g/mol. The van der Waals surface area contributed by atoms with Gasteiger partial charge in [-0.05, 0) is 26.0 Å². The van der Waals surface area contributed by atoms with Crippen LogP contribution in [0.3, 0.4) is 0 Å². The Bertz CT molecular complexity index is 616. The zero-order valence-corrected chi connectivity index (χ0v) is 11.6. The first-order valence-corrected chi connectivity index (χ1v) is 6.68. The van der Waals surface area contributed by atoms with E-state index in [1.54, 1.807) is 12.4 Å². The fourth-order valence-electron chi connectivity index (χ4n) is 2.29. The molecule has 0 saturated heterocycles. The van der Waals surface area contributed by atoms with Gasteiger partial charge in [0, 0.05) is 24.1 Å². The largest absolute Gasteiger partial charge is 0.486 e. The van der Waals surface area contributed by atoms with Crippen LogP contribution < -0.4 is 14.8 Å². The van der Waals surface area contributed by atoms with Crippen molar-refractivity contribution in [2.75, 3.05) is 18.5 Å². The molecule has 20 heavy (non-hydrogen) atoms. The number of ether oxygens (including phenoxy) is 2. The minimum atomic E-state index is 0.0752. The van der Waals surface area contributed by atoms with Crippen molar-refractivity contribution in [3.8, 4) is 11.5 Å². The van der Waals surface area contributed by atoms with Gasteiger partial charge >= 0.3 is 0 Å². The third kappa shape index (κ3) is 2.52. The lowest BCUT2D eigenvalue weighted by molar-refractivity contribution is 0.171. The van der Waals surface area contributed by atoms with Crippen LogP contribution in [0.5, 0.6) is 11.5 Å². The topological polar surface area (TPSA) is 56.3 Å². The Morgan fingerprint density at radius 3 is 2.65 bits per heavy atom. The lowest BCUT2D eigenvalue weighted by Gasteiger charge is -2.21. The molecule has 0 amide bonds. The number of aryl methyl sites for hydroxylation is 1. The lowest BCUT2D eigenvalue weighted by Crippen LogP contribution is -2.16. The monoisotopic (exact) mass is 271 g/mol. The fraction of sp³-hybridized carbons (Fsp3) is 0.333. The summed E-state index contributed by atoms with van der Waals surface area (Å²) in [5.74, 6) is 1.58. The van der Waals surface area contributed by atoms with Crippen LogP contribution in [0.1, 0.15) is 24.4 Å². The maximum absolute atomic E-state index is 5.58. The SMILES string of the molecule is Cc1nccnc1C(C)Nc1ccc2c(c1)OCCO2. The van der Waals surface area contributed by atoms with Gasteiger partial charge in [0.15, 0.2) is 11.5 Å². The predicted octanol–water partition coefficient (Wildman–Crippen LogP) is 2.73. The van der Waals surface area contributed by atoms with Crippen molar-refractivity contribution in [1.29, 1.82) is 0 Å². The van der Waals surface area contributed by atoms with E-state index in [1.165, 1.54) is 0 Å². The Balaban J connectivity index is 1.79. The van der Waals surface area contributed by atoms with Gasteiger partial charge in [0.2, 0.25) is 0 Å². The smallest absolute Gasteiger partial charge is 0.163 e. The van der Waals surface area contributed by atoms with E-state index in [4.69, 9.17) is 9.47 Å². The third-order valence-corrected chi connectivity index (χ3v) is 3.25. The van der Waals surface area contributed by atoms with Crippen LogP contribution >= 0.6 is 0 Å². The Labute approximate surface area is 118 Å². The molecule has 1 aliphatic rings. The minimum absolute atomic E-state index is 0.0752. The second-order valence-corrected chi connectivity index (χ2v) is 4.75. The molecule has 1 aliphatic heterocycles. The van der Waals surface area contributed by atoms with Crippen LogP contribution in [0.15, 0.2) is 30.6 Å². The van der Waals surface area contributed by atoms with Gasteiger partial charge in [0.25, 0.3) is 0 Å². The molecule has 104 valence electrons. The first-order chi connectivity index (χ1) is 9.74. The van der Waals surface area contributed by atoms with Gasteiger partial charge in [0.05, 0.1) is 17.4 Å². The van der Waals surface area contributed by atoms with Crippen molar-refractivity contribution < 1.29 is 9.47 Å². The third-order valence-electron chi connectivity index (χ3n) is 3.25. The zero-order valence-electron chi connectivity index (χ0n) is 11.6. The Kier molecular flexibility index (Phi) is 3.41. The average Bonchev–Trinajstić information content (AvgIpc) is 2.47. The van der Waals surface area contributed by atoms with Crippen LogP contribution in [0, 0.1) is 6.92 Å². The second-order valence-electron chi connectivity index (χ2n) is 4.75. The zero-order chi connectivity index (χ0) is 13.9. The molecule has 0 spiro atoms. The predicted molar refractivity (Wildman–Crippen MR) is 76.2 cm³/mol. The van der Waals surface area contributed by atoms with E-state index in [0.717, 1.165) is 28.6 Å². The summed E-state index contributed by atoms with van der Waals surface area (Å²) in [6.07, 6.45) is 3.42. The molecule has 2 heterocycles. The summed E-state index contributed by atoms with van der Waals surface area (Å²) < 4.78 is 11.1. The maximum Gasteiger partial charge on any atom is 0.163 e. The molecule has 3 rings (SSSR count). The highest BCUT2D eigenvalue weighted by molar-refractivity contribution is 5.56. The molecule has 5 nitrogen and oxygen atoms in total. The number of nitrogens with zero attached hydrogens (tertiary/aromatic N) is 2. The maximum atomic E-state index is 5.58. The summed E-state index contributed by atoms with van der Waals surface area (Å²) in [4.78, 5) is 8.65. The standard InChI is InChI=1S/C15H17N3O2/c1-10-15(17-6-5-16-10)11(2)18-12-3-4-13-14(9-12)20-8-7-19-13/h3-6,9,11,18H,7-8H2,1-2H3. The first kappa shape index (κ1) is 12.7. The van der Waals surface area contributed by atoms with E-state index in [9.17, 15) is 0 Å². The van der Waals surface area contributed by atoms with E-state index in [2.05, 4.69) is 22.2 Å². The summed E-state index contributed by atoms with van der Waals surface area (Å²) in [6, 6.07) is 5.94. The van der Waals surface area contributed by atoms with Crippen molar-refractivity contribution in [3.05, 3.63) is 42.0 Å². The van der Waals surface area contributed by atoms with Crippen LogP contribution in [-0.2, 0) is 0 Å². The fourth-order valence-corrected chi connectivity index (χ4v) is 2.29. The molecule has 0 saturated carbocycles. The molecule has 1 N–H and O–H groups in total. The first-order valence-electron chi connectivity index (χ1n) is 6.68. The number of rotatable bonds is 3. The van der Waals surface area contributed by atoms with Gasteiger partial charge < -0.3 is 14.8 Å². The minimum Gasteiger partial charge on any atom is -0.486 e. The highest BCUT2D eigenvalue weighted by Crippen LogP contribution is 2.33. The molecule has 0 fully saturated rings. The Morgan fingerprint density at radius 1 is 1.10 bits per heavy atom. The Morgan fingerprint density at radius 2 is 1.85 bits per heavy atom. The van der Waals surface area contributed by atoms with E-state index in [-0.39, 0.29) is 6.04 Å². The number of aromatic nitrogens is 2. The van der Waals surface area contributed by atoms with Crippen molar-refractivity contribution in [2.45, 2.75) is 19.9 Å². The number of nitrogens with one attached hydrogen (secondary N) is 1. The second kappa shape index (κ2) is 5.36. The molecular formula is C15H17N3O2. The van der Waals surface area contributed by atoms with E-state index >= 15 is 0 Å². The molecule has 5 heteroatoms. The van der Waals surface area contributed by atoms with Crippen LogP contribution in [-0.4, -0.2) is 23.2 Å². The van der Waals surface area contributed by atoms with Gasteiger partial charge in [-0.1, -0.05) is 0 Å². The van der Waals surface area contributed by atoms with Crippen molar-refractivity contribution in [3.63, 3.8) is 0 Å². The quantitative estimate of drug-likeness (QED) is 0.930. The molecule has 1 atom stereocenters. The molecule has 0 bridgehead atoms. The van der Waals surface area contributed by atoms with E-state index < -0.39 is 0 Å². The van der Waals surface area contributed by atoms with E-state index in [0.29, 0.717) is 13.2 Å². The van der Waals surface area contributed by atoms with Crippen LogP contribution in [0.2, 0.25) is 0 Å². The highest BCUT2D eigenvalue weighted by atomic mass is 16.6. The summed E-state index contributed by atoms with van der Waals surface area (Å²) >= 11 is 0. The highest BCUT2D eigenvalue weighted by Gasteiger charge is 2.14. The number of anilines is 1. The van der Waals surface area contributed by atoms with Gasteiger partial charge in [-0.3, -0.25) is 9.97 Å². The molecule has 0 radical (unpaired) electrons. The summed E-state index contributed by atoms with van der Waals surface area (Å²) in [5, 5.41) is 3.41.